The zero-order chi connectivity index (χ0) is 11.4. The van der Waals surface area contributed by atoms with E-state index >= 15 is 0 Å². The minimum atomic E-state index is 0.175. The van der Waals surface area contributed by atoms with E-state index in [9.17, 15) is 4.79 Å². The fraction of sp³-hybridized carbons (Fsp3) is 0.667. The Balaban J connectivity index is 1.81. The molecule has 0 aliphatic carbocycles. The molecule has 1 aliphatic heterocycles. The molecule has 0 saturated carbocycles. The van der Waals surface area contributed by atoms with Crippen molar-refractivity contribution < 1.29 is 4.79 Å². The average molecular weight is 241 g/mol. The summed E-state index contributed by atoms with van der Waals surface area (Å²) in [7, 11) is 1.82. The van der Waals surface area contributed by atoms with E-state index in [-0.39, 0.29) is 5.91 Å². The Labute approximate surface area is 98.4 Å². The number of carbonyl (C=O) groups is 1. The first-order chi connectivity index (χ1) is 7.77. The Morgan fingerprint density at radius 1 is 1.56 bits per heavy atom. The van der Waals surface area contributed by atoms with E-state index < -0.39 is 0 Å². The molecule has 1 aromatic heterocycles. The fourth-order valence-electron chi connectivity index (χ4n) is 1.55. The SMILES string of the molecule is Cn1ncnc1SCC(=O)N1CCNCC1. The third kappa shape index (κ3) is 2.73. The Morgan fingerprint density at radius 2 is 2.31 bits per heavy atom. The lowest BCUT2D eigenvalue weighted by molar-refractivity contribution is -0.128. The Hall–Kier alpha value is -1.08. The van der Waals surface area contributed by atoms with Crippen LogP contribution in [0.15, 0.2) is 11.5 Å². The normalized spacial score (nSPS) is 16.4. The van der Waals surface area contributed by atoms with E-state index in [0.29, 0.717) is 5.75 Å². The molecule has 7 heteroatoms. The number of piperazine rings is 1. The molecule has 1 aromatic rings. The van der Waals surface area contributed by atoms with Crippen molar-refractivity contribution in [3.05, 3.63) is 6.33 Å². The fourth-order valence-corrected chi connectivity index (χ4v) is 2.34. The molecule has 1 aliphatic rings. The second-order valence-corrected chi connectivity index (χ2v) is 4.53. The van der Waals surface area contributed by atoms with E-state index in [1.807, 2.05) is 11.9 Å². The van der Waals surface area contributed by atoms with Crippen molar-refractivity contribution in [2.45, 2.75) is 5.16 Å². The van der Waals surface area contributed by atoms with E-state index in [1.165, 1.54) is 18.1 Å². The summed E-state index contributed by atoms with van der Waals surface area (Å²) in [5, 5.41) is 7.96. The van der Waals surface area contributed by atoms with Crippen LogP contribution in [-0.2, 0) is 11.8 Å². The highest BCUT2D eigenvalue weighted by Crippen LogP contribution is 2.13. The number of nitrogens with zero attached hydrogens (tertiary/aromatic N) is 4. The van der Waals surface area contributed by atoms with Gasteiger partial charge in [-0.05, 0) is 0 Å². The van der Waals surface area contributed by atoms with Gasteiger partial charge >= 0.3 is 0 Å². The van der Waals surface area contributed by atoms with Gasteiger partial charge < -0.3 is 10.2 Å². The van der Waals surface area contributed by atoms with Gasteiger partial charge in [0.15, 0.2) is 5.16 Å². The molecule has 0 unspecified atom stereocenters. The van der Waals surface area contributed by atoms with Gasteiger partial charge in [0.05, 0.1) is 5.75 Å². The molecule has 16 heavy (non-hydrogen) atoms. The minimum absolute atomic E-state index is 0.175. The molecule has 88 valence electrons. The highest BCUT2D eigenvalue weighted by molar-refractivity contribution is 7.99. The van der Waals surface area contributed by atoms with Crippen molar-refractivity contribution in [3.63, 3.8) is 0 Å². The van der Waals surface area contributed by atoms with Crippen molar-refractivity contribution in [2.24, 2.45) is 7.05 Å². The Kier molecular flexibility index (Phi) is 3.79. The molecule has 0 radical (unpaired) electrons. The van der Waals surface area contributed by atoms with Crippen LogP contribution in [0.1, 0.15) is 0 Å². The van der Waals surface area contributed by atoms with Crippen LogP contribution in [0.2, 0.25) is 0 Å². The Morgan fingerprint density at radius 3 is 2.94 bits per heavy atom. The molecule has 1 saturated heterocycles. The van der Waals surface area contributed by atoms with Gasteiger partial charge in [-0.3, -0.25) is 4.79 Å². The van der Waals surface area contributed by atoms with Crippen molar-refractivity contribution in [3.8, 4) is 0 Å². The lowest BCUT2D eigenvalue weighted by Gasteiger charge is -2.27. The first kappa shape index (κ1) is 11.4. The zero-order valence-electron chi connectivity index (χ0n) is 9.22. The summed E-state index contributed by atoms with van der Waals surface area (Å²) in [6.07, 6.45) is 1.50. The molecule has 0 spiro atoms. The molecule has 2 heterocycles. The maximum Gasteiger partial charge on any atom is 0.233 e. The predicted molar refractivity (Wildman–Crippen MR) is 61.2 cm³/mol. The zero-order valence-corrected chi connectivity index (χ0v) is 10.0. The van der Waals surface area contributed by atoms with Gasteiger partial charge in [-0.15, -0.1) is 0 Å². The van der Waals surface area contributed by atoms with Crippen LogP contribution in [0.3, 0.4) is 0 Å². The molecule has 0 atom stereocenters. The molecule has 0 bridgehead atoms. The van der Waals surface area contributed by atoms with Crippen LogP contribution in [0.4, 0.5) is 0 Å². The van der Waals surface area contributed by atoms with Crippen LogP contribution in [0.25, 0.3) is 0 Å². The average Bonchev–Trinajstić information content (AvgIpc) is 2.73. The highest BCUT2D eigenvalue weighted by atomic mass is 32.2. The molecular weight excluding hydrogens is 226 g/mol. The summed E-state index contributed by atoms with van der Waals surface area (Å²) in [6, 6.07) is 0. The third-order valence-corrected chi connectivity index (χ3v) is 3.48. The van der Waals surface area contributed by atoms with E-state index in [2.05, 4.69) is 15.4 Å². The monoisotopic (exact) mass is 241 g/mol. The van der Waals surface area contributed by atoms with E-state index in [1.54, 1.807) is 4.68 Å². The van der Waals surface area contributed by atoms with Crippen LogP contribution in [0.5, 0.6) is 0 Å². The number of aromatic nitrogens is 3. The summed E-state index contributed by atoms with van der Waals surface area (Å²) in [6.45, 7) is 3.39. The van der Waals surface area contributed by atoms with E-state index in [4.69, 9.17) is 0 Å². The van der Waals surface area contributed by atoms with Crippen molar-refractivity contribution >= 4 is 17.7 Å². The number of hydrogen-bond acceptors (Lipinski definition) is 5. The summed E-state index contributed by atoms with van der Waals surface area (Å²) in [5.74, 6) is 0.613. The number of aryl methyl sites for hydroxylation is 1. The molecule has 0 aromatic carbocycles. The van der Waals surface area contributed by atoms with Gasteiger partial charge in [0, 0.05) is 33.2 Å². The smallest absolute Gasteiger partial charge is 0.233 e. The van der Waals surface area contributed by atoms with Gasteiger partial charge in [-0.25, -0.2) is 9.67 Å². The maximum atomic E-state index is 11.8. The third-order valence-electron chi connectivity index (χ3n) is 2.46. The molecule has 1 amide bonds. The largest absolute Gasteiger partial charge is 0.339 e. The number of carbonyl (C=O) groups excluding carboxylic acids is 1. The van der Waals surface area contributed by atoms with Gasteiger partial charge in [0.25, 0.3) is 0 Å². The Bertz CT molecular complexity index is 361. The van der Waals surface area contributed by atoms with Gasteiger partial charge in [0.2, 0.25) is 5.91 Å². The second-order valence-electron chi connectivity index (χ2n) is 3.59. The molecular formula is C9H15N5OS. The van der Waals surface area contributed by atoms with Gasteiger partial charge in [0.1, 0.15) is 6.33 Å². The lowest BCUT2D eigenvalue weighted by Crippen LogP contribution is -2.47. The van der Waals surface area contributed by atoms with Crippen LogP contribution in [0, 0.1) is 0 Å². The van der Waals surface area contributed by atoms with Crippen LogP contribution >= 0.6 is 11.8 Å². The van der Waals surface area contributed by atoms with Crippen LogP contribution in [-0.4, -0.2) is 57.5 Å². The predicted octanol–water partition coefficient (Wildman–Crippen LogP) is -0.661. The standard InChI is InChI=1S/C9H15N5OS/c1-13-9(11-7-12-13)16-6-8(15)14-4-2-10-3-5-14/h7,10H,2-6H2,1H3. The summed E-state index contributed by atoms with van der Waals surface area (Å²) in [4.78, 5) is 17.8. The summed E-state index contributed by atoms with van der Waals surface area (Å²) < 4.78 is 1.68. The topological polar surface area (TPSA) is 63.1 Å². The van der Waals surface area contributed by atoms with E-state index in [0.717, 1.165) is 31.3 Å². The molecule has 1 N–H and O–H groups in total. The van der Waals surface area contributed by atoms with Crippen molar-refractivity contribution in [2.75, 3.05) is 31.9 Å². The molecule has 2 rings (SSSR count). The number of thioether (sulfide) groups is 1. The van der Waals surface area contributed by atoms with Crippen molar-refractivity contribution in [1.29, 1.82) is 0 Å². The summed E-state index contributed by atoms with van der Waals surface area (Å²) >= 11 is 1.43. The quantitative estimate of drug-likeness (QED) is 0.712. The highest BCUT2D eigenvalue weighted by Gasteiger charge is 2.16. The number of nitrogens with one attached hydrogen (secondary N) is 1. The number of rotatable bonds is 3. The minimum Gasteiger partial charge on any atom is -0.339 e. The first-order valence-electron chi connectivity index (χ1n) is 5.22. The van der Waals surface area contributed by atoms with Crippen LogP contribution < -0.4 is 5.32 Å². The molecule has 1 fully saturated rings. The van der Waals surface area contributed by atoms with Crippen molar-refractivity contribution in [1.82, 2.24) is 25.0 Å². The lowest BCUT2D eigenvalue weighted by atomic mass is 10.3. The first-order valence-corrected chi connectivity index (χ1v) is 6.21. The van der Waals surface area contributed by atoms with Gasteiger partial charge in [-0.1, -0.05) is 11.8 Å². The second kappa shape index (κ2) is 5.31. The van der Waals surface area contributed by atoms with Gasteiger partial charge in [-0.2, -0.15) is 5.10 Å². The number of amides is 1. The maximum absolute atomic E-state index is 11.8. The summed E-state index contributed by atoms with van der Waals surface area (Å²) in [5.41, 5.74) is 0. The number of hydrogen-bond donors (Lipinski definition) is 1. The molecule has 6 nitrogen and oxygen atoms in total.